The Hall–Kier alpha value is 0.0799. The summed E-state index contributed by atoms with van der Waals surface area (Å²) in [5.41, 5.74) is 0. The number of nitrogens with zero attached hydrogens (tertiary/aromatic N) is 1. The fourth-order valence-corrected chi connectivity index (χ4v) is 0. The normalized spacial score (nSPS) is 7.80. The van der Waals surface area contributed by atoms with E-state index in [1.807, 2.05) is 0 Å². The van der Waals surface area contributed by atoms with Gasteiger partial charge >= 0.3 is 33.7 Å². The fraction of sp³-hybridized carbons (Fsp3) is 0. The van der Waals surface area contributed by atoms with Crippen LogP contribution >= 0.6 is 0 Å². The molecule has 0 aliphatic rings. The van der Waals surface area contributed by atoms with Crippen molar-refractivity contribution in [1.82, 2.24) is 0 Å². The molecule has 0 aliphatic carbocycles. The third-order valence-electron chi connectivity index (χ3n) is 0.114. The van der Waals surface area contributed by atoms with Gasteiger partial charge in [-0.2, -0.15) is 0 Å². The van der Waals surface area contributed by atoms with E-state index in [2.05, 4.69) is 11.9 Å². The van der Waals surface area contributed by atoms with Crippen molar-refractivity contribution >= 4 is 24.7 Å². The third-order valence-corrected chi connectivity index (χ3v) is 0.341. The molecule has 0 aliphatic heterocycles. The van der Waals surface area contributed by atoms with Crippen LogP contribution in [0.4, 0.5) is 0 Å². The number of hydrogen-bond acceptors (Lipinski definition) is 2. The summed E-state index contributed by atoms with van der Waals surface area (Å²) in [7, 11) is 3.33. The summed E-state index contributed by atoms with van der Waals surface area (Å²) in [6.45, 7) is 4.69. The van der Waals surface area contributed by atoms with Crippen molar-refractivity contribution in [1.29, 1.82) is 4.78 Å². The zero-order chi connectivity index (χ0) is 4.28. The Bertz CT molecular complexity index is 83.8. The second-order valence-corrected chi connectivity index (χ2v) is 1.26. The van der Waals surface area contributed by atoms with Gasteiger partial charge < -0.3 is 0 Å². The van der Waals surface area contributed by atoms with Crippen molar-refractivity contribution in [3.8, 4) is 0 Å². The molecule has 0 aromatic rings. The Kier molecular flexibility index (Phi) is 2.36. The molecule has 5 heavy (non-hydrogen) atoms. The monoisotopic (exact) mass is 83.0 g/mol. The Labute approximate surface area is 34.6 Å². The van der Waals surface area contributed by atoms with Gasteiger partial charge in [-0.3, -0.25) is 0 Å². The van der Waals surface area contributed by atoms with Gasteiger partial charge in [-0.15, -0.1) is 0 Å². The van der Waals surface area contributed by atoms with Crippen molar-refractivity contribution in [2.75, 3.05) is 0 Å². The van der Waals surface area contributed by atoms with Crippen molar-refractivity contribution in [3.05, 3.63) is 0 Å². The molecule has 2 nitrogen and oxygen atoms in total. The van der Waals surface area contributed by atoms with Gasteiger partial charge in [0.1, 0.15) is 0 Å². The number of rotatable bonds is 1. The quantitative estimate of drug-likeness (QED) is 0.334. The standard InChI is InChI=1S/B2HN2S/c1-4-5(2)3/h3H/q-1. The molecule has 0 atom stereocenters. The van der Waals surface area contributed by atoms with Crippen molar-refractivity contribution in [2.45, 2.75) is 0 Å². The first-order valence-corrected chi connectivity index (χ1v) is 2.13. The maximum absolute atomic E-state index is 6.34. The molecule has 0 aromatic heterocycles. The van der Waals surface area contributed by atoms with Crippen LogP contribution in [0.15, 0.2) is 4.30 Å². The van der Waals surface area contributed by atoms with Gasteiger partial charge in [0.05, 0.1) is 0 Å². The average molecular weight is 82.7 g/mol. The number of hydrogen-bond donors (Lipinski definition) is 1. The van der Waals surface area contributed by atoms with Gasteiger partial charge in [-0.1, -0.05) is 0 Å². The molecule has 1 N–H and O–H groups in total. The van der Waals surface area contributed by atoms with E-state index in [9.17, 15) is 0 Å². The molecule has 0 spiro atoms. The summed E-state index contributed by atoms with van der Waals surface area (Å²) in [6, 6.07) is 0. The molecule has 0 saturated heterocycles. The topological polar surface area (TPSA) is 36.2 Å². The molecular weight excluding hydrogens is 81.7 g/mol. The van der Waals surface area contributed by atoms with Crippen LogP contribution in [0.2, 0.25) is 0 Å². The Morgan fingerprint density at radius 3 is 2.00 bits per heavy atom. The van der Waals surface area contributed by atoms with Gasteiger partial charge in [-0.05, 0) is 0 Å². The SMILES string of the molecule is [B]=N[S-](=[B])=N. The molecule has 0 heterocycles. The van der Waals surface area contributed by atoms with Crippen LogP contribution in [-0.2, 0) is 10.3 Å². The molecule has 0 aromatic carbocycles. The second-order valence-electron chi connectivity index (χ2n) is 0.420. The van der Waals surface area contributed by atoms with Gasteiger partial charge in [0, 0.05) is 0 Å². The molecule has 0 amide bonds. The summed E-state index contributed by atoms with van der Waals surface area (Å²) in [4.78, 5) is 0. The van der Waals surface area contributed by atoms with E-state index in [-0.39, 0.29) is 0 Å². The second kappa shape index (κ2) is 2.32. The molecule has 0 fully saturated rings. The van der Waals surface area contributed by atoms with E-state index in [1.54, 1.807) is 0 Å². The van der Waals surface area contributed by atoms with Crippen LogP contribution in [0.5, 0.6) is 0 Å². The predicted octanol–water partition coefficient (Wildman–Crippen LogP) is -0.282. The van der Waals surface area contributed by atoms with E-state index in [0.717, 1.165) is 0 Å². The average Bonchev–Trinajstić information content (AvgIpc) is 1.38. The number of nitrogens with one attached hydrogen (secondary N) is 1. The summed E-state index contributed by atoms with van der Waals surface area (Å²) in [5.74, 6) is 0. The Balaban J connectivity index is 3.69. The molecular formula is HB2N2S-. The zero-order valence-corrected chi connectivity index (χ0v) is 3.33. The zero-order valence-electron chi connectivity index (χ0n) is 2.51. The predicted molar refractivity (Wildman–Crippen MR) is 24.0 cm³/mol. The molecule has 0 saturated carbocycles. The first-order valence-electron chi connectivity index (χ1n) is 0.881. The van der Waals surface area contributed by atoms with Crippen LogP contribution in [-0.4, -0.2) is 14.4 Å². The molecule has 0 unspecified atom stereocenters. The van der Waals surface area contributed by atoms with Gasteiger partial charge in [0.15, 0.2) is 0 Å². The van der Waals surface area contributed by atoms with E-state index < -0.39 is 10.3 Å². The molecule has 0 rings (SSSR count). The summed E-state index contributed by atoms with van der Waals surface area (Å²) in [6.07, 6.45) is 0. The van der Waals surface area contributed by atoms with Crippen LogP contribution in [0, 0.1) is 4.78 Å². The summed E-state index contributed by atoms with van der Waals surface area (Å²) in [5, 5.41) is 0. The minimum absolute atomic E-state index is 1.17. The molecule has 0 bridgehead atoms. The fourth-order valence-electron chi connectivity index (χ4n) is 0. The van der Waals surface area contributed by atoms with Gasteiger partial charge in [-0.25, -0.2) is 0 Å². The summed E-state index contributed by atoms with van der Waals surface area (Å²) < 4.78 is 9.20. The Morgan fingerprint density at radius 2 is 2.00 bits per heavy atom. The van der Waals surface area contributed by atoms with Crippen LogP contribution in [0.1, 0.15) is 0 Å². The van der Waals surface area contributed by atoms with Gasteiger partial charge in [0.25, 0.3) is 0 Å². The molecule has 5 heteroatoms. The van der Waals surface area contributed by atoms with Crippen molar-refractivity contribution in [3.63, 3.8) is 0 Å². The van der Waals surface area contributed by atoms with E-state index in [4.69, 9.17) is 11.5 Å². The van der Waals surface area contributed by atoms with Crippen molar-refractivity contribution in [2.24, 2.45) is 4.30 Å². The maximum atomic E-state index is 6.34. The minimum atomic E-state index is -1.17. The molecule has 2 radical (unpaired) electrons. The van der Waals surface area contributed by atoms with Crippen LogP contribution in [0.25, 0.3) is 0 Å². The van der Waals surface area contributed by atoms with E-state index in [0.29, 0.717) is 0 Å². The molecule has 24 valence electrons. The third kappa shape index (κ3) is 4.08. The van der Waals surface area contributed by atoms with E-state index in [1.165, 1.54) is 0 Å². The van der Waals surface area contributed by atoms with Gasteiger partial charge in [0.2, 0.25) is 0 Å². The summed E-state index contributed by atoms with van der Waals surface area (Å²) >= 11 is 0. The Morgan fingerprint density at radius 1 is 1.80 bits per heavy atom. The van der Waals surface area contributed by atoms with Crippen LogP contribution < -0.4 is 0 Å². The first-order chi connectivity index (χ1) is 2.27. The van der Waals surface area contributed by atoms with Crippen LogP contribution in [0.3, 0.4) is 0 Å². The van der Waals surface area contributed by atoms with Crippen molar-refractivity contribution < 1.29 is 0 Å². The first kappa shape index (κ1) is 5.08. The van der Waals surface area contributed by atoms with E-state index >= 15 is 0 Å².